The van der Waals surface area contributed by atoms with Crippen molar-refractivity contribution in [2.45, 2.75) is 25.3 Å². The number of methoxy groups -OCH3 is 1. The Kier molecular flexibility index (Phi) is 4.04. The molecule has 1 saturated heterocycles. The van der Waals surface area contributed by atoms with E-state index in [1.807, 2.05) is 12.1 Å². The van der Waals surface area contributed by atoms with Crippen LogP contribution in [0.1, 0.15) is 18.9 Å². The molecule has 1 aliphatic rings. The second-order valence-electron chi connectivity index (χ2n) is 5.48. The van der Waals surface area contributed by atoms with E-state index >= 15 is 0 Å². The minimum absolute atomic E-state index is 0.0222. The maximum atomic E-state index is 12.0. The zero-order chi connectivity index (χ0) is 14.8. The summed E-state index contributed by atoms with van der Waals surface area (Å²) in [7, 11) is -1.43. The zero-order valence-electron chi connectivity index (χ0n) is 11.7. The summed E-state index contributed by atoms with van der Waals surface area (Å²) in [6, 6.07) is 7.24. The second-order valence-corrected chi connectivity index (χ2v) is 7.66. The number of benzene rings is 1. The lowest BCUT2D eigenvalue weighted by atomic mass is 10.0. The van der Waals surface area contributed by atoms with Gasteiger partial charge in [-0.15, -0.1) is 0 Å². The van der Waals surface area contributed by atoms with Crippen LogP contribution in [0.2, 0.25) is 0 Å². The summed E-state index contributed by atoms with van der Waals surface area (Å²) in [6.45, 7) is 1.78. The lowest BCUT2D eigenvalue weighted by molar-refractivity contribution is -0.121. The Morgan fingerprint density at radius 2 is 2.00 bits per heavy atom. The average molecular weight is 297 g/mol. The van der Waals surface area contributed by atoms with Gasteiger partial charge < -0.3 is 10.1 Å². The SMILES string of the molecule is COc1ccc(CC(=O)NC2(C)CCS(=O)(=O)C2)cc1. The molecule has 2 rings (SSSR count). The van der Waals surface area contributed by atoms with E-state index in [0.29, 0.717) is 6.42 Å². The molecule has 1 atom stereocenters. The van der Waals surface area contributed by atoms with Crippen LogP contribution in [0.15, 0.2) is 24.3 Å². The molecular formula is C14H19NO4S. The Morgan fingerprint density at radius 1 is 1.35 bits per heavy atom. The van der Waals surface area contributed by atoms with Gasteiger partial charge in [0.15, 0.2) is 9.84 Å². The molecule has 1 aromatic carbocycles. The molecule has 6 heteroatoms. The van der Waals surface area contributed by atoms with Crippen molar-refractivity contribution in [2.75, 3.05) is 18.6 Å². The van der Waals surface area contributed by atoms with E-state index in [0.717, 1.165) is 11.3 Å². The van der Waals surface area contributed by atoms with Crippen LogP contribution in [0.25, 0.3) is 0 Å². The van der Waals surface area contributed by atoms with Crippen LogP contribution in [0, 0.1) is 0 Å². The number of hydrogen-bond acceptors (Lipinski definition) is 4. The van der Waals surface area contributed by atoms with Gasteiger partial charge in [-0.25, -0.2) is 8.42 Å². The summed E-state index contributed by atoms with van der Waals surface area (Å²) in [5.74, 6) is 0.749. The third-order valence-corrected chi connectivity index (χ3v) is 5.37. The van der Waals surface area contributed by atoms with Gasteiger partial charge in [0, 0.05) is 0 Å². The quantitative estimate of drug-likeness (QED) is 0.897. The van der Waals surface area contributed by atoms with Crippen LogP contribution in [-0.2, 0) is 21.1 Å². The molecule has 0 spiro atoms. The van der Waals surface area contributed by atoms with Gasteiger partial charge >= 0.3 is 0 Å². The third kappa shape index (κ3) is 3.72. The number of rotatable bonds is 4. The number of ether oxygens (including phenoxy) is 1. The summed E-state index contributed by atoms with van der Waals surface area (Å²) < 4.78 is 28.0. The van der Waals surface area contributed by atoms with Crippen LogP contribution < -0.4 is 10.1 Å². The standard InChI is InChI=1S/C14H19NO4S/c1-14(7-8-20(17,18)10-14)15-13(16)9-11-3-5-12(19-2)6-4-11/h3-6H,7-10H2,1-2H3,(H,15,16). The molecule has 0 aromatic heterocycles. The lowest BCUT2D eigenvalue weighted by Crippen LogP contribution is -2.47. The van der Waals surface area contributed by atoms with E-state index in [1.165, 1.54) is 0 Å². The average Bonchev–Trinajstić information content (AvgIpc) is 2.64. The molecule has 0 bridgehead atoms. The Morgan fingerprint density at radius 3 is 2.50 bits per heavy atom. The highest BCUT2D eigenvalue weighted by Crippen LogP contribution is 2.23. The van der Waals surface area contributed by atoms with Crippen LogP contribution in [0.4, 0.5) is 0 Å². The van der Waals surface area contributed by atoms with E-state index in [1.54, 1.807) is 26.2 Å². The van der Waals surface area contributed by atoms with Crippen LogP contribution in [-0.4, -0.2) is 38.5 Å². The van der Waals surface area contributed by atoms with E-state index in [4.69, 9.17) is 4.74 Å². The minimum atomic E-state index is -3.01. The lowest BCUT2D eigenvalue weighted by Gasteiger charge is -2.23. The van der Waals surface area contributed by atoms with E-state index in [2.05, 4.69) is 5.32 Å². The van der Waals surface area contributed by atoms with Gasteiger partial charge in [0.05, 0.1) is 30.6 Å². The highest BCUT2D eigenvalue weighted by atomic mass is 32.2. The van der Waals surface area contributed by atoms with Crippen molar-refractivity contribution >= 4 is 15.7 Å². The topological polar surface area (TPSA) is 72.5 Å². The van der Waals surface area contributed by atoms with Gasteiger partial charge in [0.1, 0.15) is 5.75 Å². The van der Waals surface area contributed by atoms with Gasteiger partial charge in [-0.1, -0.05) is 12.1 Å². The number of sulfone groups is 1. The monoisotopic (exact) mass is 297 g/mol. The molecule has 1 fully saturated rings. The Bertz CT molecular complexity index is 594. The first-order valence-corrected chi connectivity index (χ1v) is 8.28. The van der Waals surface area contributed by atoms with Gasteiger partial charge in [0.25, 0.3) is 0 Å². The predicted octanol–water partition coefficient (Wildman–Crippen LogP) is 0.931. The first-order valence-electron chi connectivity index (χ1n) is 6.46. The molecule has 0 saturated carbocycles. The summed E-state index contributed by atoms with van der Waals surface area (Å²) in [5, 5.41) is 2.84. The summed E-state index contributed by atoms with van der Waals surface area (Å²) in [6.07, 6.45) is 0.712. The zero-order valence-corrected chi connectivity index (χ0v) is 12.5. The molecule has 5 nitrogen and oxygen atoms in total. The van der Waals surface area contributed by atoms with Crippen molar-refractivity contribution in [3.63, 3.8) is 0 Å². The molecule has 1 unspecified atom stereocenters. The molecule has 1 aliphatic heterocycles. The highest BCUT2D eigenvalue weighted by Gasteiger charge is 2.39. The predicted molar refractivity (Wildman–Crippen MR) is 76.5 cm³/mol. The normalized spacial score (nSPS) is 24.3. The van der Waals surface area contributed by atoms with Crippen molar-refractivity contribution in [1.29, 1.82) is 0 Å². The molecule has 20 heavy (non-hydrogen) atoms. The first kappa shape index (κ1) is 14.8. The van der Waals surface area contributed by atoms with Gasteiger partial charge in [-0.05, 0) is 31.0 Å². The Balaban J connectivity index is 1.95. The third-order valence-electron chi connectivity index (χ3n) is 3.47. The van der Waals surface area contributed by atoms with Crippen molar-refractivity contribution in [3.05, 3.63) is 29.8 Å². The van der Waals surface area contributed by atoms with E-state index < -0.39 is 15.4 Å². The summed E-state index contributed by atoms with van der Waals surface area (Å²) in [4.78, 5) is 12.0. The fourth-order valence-electron chi connectivity index (χ4n) is 2.42. The first-order chi connectivity index (χ1) is 9.32. The molecule has 0 aliphatic carbocycles. The molecular weight excluding hydrogens is 278 g/mol. The van der Waals surface area contributed by atoms with E-state index in [-0.39, 0.29) is 23.8 Å². The molecule has 1 amide bonds. The fraction of sp³-hybridized carbons (Fsp3) is 0.500. The molecule has 110 valence electrons. The van der Waals surface area contributed by atoms with Crippen molar-refractivity contribution in [3.8, 4) is 5.75 Å². The fourth-order valence-corrected chi connectivity index (χ4v) is 4.51. The molecule has 1 aromatic rings. The molecule has 1 N–H and O–H groups in total. The van der Waals surface area contributed by atoms with E-state index in [9.17, 15) is 13.2 Å². The smallest absolute Gasteiger partial charge is 0.224 e. The van der Waals surface area contributed by atoms with Crippen LogP contribution in [0.3, 0.4) is 0 Å². The largest absolute Gasteiger partial charge is 0.497 e. The number of amides is 1. The maximum absolute atomic E-state index is 12.0. The molecule has 0 radical (unpaired) electrons. The summed E-state index contributed by atoms with van der Waals surface area (Å²) >= 11 is 0. The van der Waals surface area contributed by atoms with Gasteiger partial charge in [-0.2, -0.15) is 0 Å². The van der Waals surface area contributed by atoms with Crippen LogP contribution in [0.5, 0.6) is 5.75 Å². The van der Waals surface area contributed by atoms with Gasteiger partial charge in [-0.3, -0.25) is 4.79 Å². The number of nitrogens with one attached hydrogen (secondary N) is 1. The van der Waals surface area contributed by atoms with Crippen LogP contribution >= 0.6 is 0 Å². The van der Waals surface area contributed by atoms with Crippen molar-refractivity contribution in [1.82, 2.24) is 5.32 Å². The number of hydrogen-bond donors (Lipinski definition) is 1. The minimum Gasteiger partial charge on any atom is -0.497 e. The van der Waals surface area contributed by atoms with Crippen molar-refractivity contribution in [2.24, 2.45) is 0 Å². The second kappa shape index (κ2) is 5.44. The molecule has 1 heterocycles. The maximum Gasteiger partial charge on any atom is 0.224 e. The van der Waals surface area contributed by atoms with Gasteiger partial charge in [0.2, 0.25) is 5.91 Å². The summed E-state index contributed by atoms with van der Waals surface area (Å²) in [5.41, 5.74) is 0.232. The Hall–Kier alpha value is -1.56. The number of carbonyl (C=O) groups excluding carboxylic acids is 1. The highest BCUT2D eigenvalue weighted by molar-refractivity contribution is 7.91. The van der Waals surface area contributed by atoms with Crippen molar-refractivity contribution < 1.29 is 17.9 Å². The number of carbonyl (C=O) groups is 1. The Labute approximate surface area is 119 Å².